The van der Waals surface area contributed by atoms with Crippen LogP contribution in [0.15, 0.2) is 59.4 Å². The minimum Gasteiger partial charge on any atom is -0.350 e. The van der Waals surface area contributed by atoms with Crippen LogP contribution < -0.4 is 4.90 Å². The Balaban J connectivity index is 1.82. The molecule has 0 fully saturated rings. The highest BCUT2D eigenvalue weighted by Crippen LogP contribution is 2.34. The summed E-state index contributed by atoms with van der Waals surface area (Å²) in [7, 11) is 3.99. The van der Waals surface area contributed by atoms with Gasteiger partial charge in [0, 0.05) is 31.3 Å². The molecule has 0 amide bonds. The first-order valence-electron chi connectivity index (χ1n) is 9.51. The Morgan fingerprint density at radius 1 is 0.933 bits per heavy atom. The predicted octanol–water partition coefficient (Wildman–Crippen LogP) is 4.13. The van der Waals surface area contributed by atoms with Crippen molar-refractivity contribution in [3.05, 3.63) is 72.1 Å². The van der Waals surface area contributed by atoms with Crippen LogP contribution in [0.3, 0.4) is 0 Å². The van der Waals surface area contributed by atoms with E-state index < -0.39 is 11.6 Å². The molecule has 0 aliphatic heterocycles. The van der Waals surface area contributed by atoms with Crippen molar-refractivity contribution in [1.29, 1.82) is 0 Å². The van der Waals surface area contributed by atoms with E-state index in [1.54, 1.807) is 0 Å². The Bertz CT molecular complexity index is 1130. The van der Waals surface area contributed by atoms with Gasteiger partial charge in [0.2, 0.25) is 0 Å². The van der Waals surface area contributed by atoms with E-state index in [1.807, 2.05) is 44.4 Å². The molecule has 0 radical (unpaired) electrons. The van der Waals surface area contributed by atoms with Gasteiger partial charge in [0.25, 0.3) is 5.71 Å². The van der Waals surface area contributed by atoms with Crippen LogP contribution in [0.4, 0.5) is 14.6 Å². The number of nitrogens with zero attached hydrogens (tertiary/aromatic N) is 5. The molecular weight excluding hydrogens is 388 g/mol. The molecule has 4 aromatic rings. The second-order valence-electron chi connectivity index (χ2n) is 7.28. The first-order chi connectivity index (χ1) is 14.5. The van der Waals surface area contributed by atoms with Crippen molar-refractivity contribution in [1.82, 2.24) is 20.0 Å². The lowest BCUT2D eigenvalue weighted by molar-refractivity contribution is 0.412. The molecule has 30 heavy (non-hydrogen) atoms. The number of hydrogen-bond acceptors (Lipinski definition) is 6. The van der Waals surface area contributed by atoms with E-state index in [1.165, 1.54) is 18.5 Å². The normalized spacial score (nSPS) is 11.4. The zero-order chi connectivity index (χ0) is 21.1. The molecule has 154 valence electrons. The van der Waals surface area contributed by atoms with Gasteiger partial charge in [-0.3, -0.25) is 0 Å². The zero-order valence-corrected chi connectivity index (χ0v) is 16.7. The van der Waals surface area contributed by atoms with E-state index in [0.29, 0.717) is 30.0 Å². The lowest BCUT2D eigenvalue weighted by atomic mass is 10.1. The SMILES string of the molecule is CN(C)CCN(Cc1ccccc1)c1ncnc2onc(-c3cc(F)cc(F)c3)c12. The third-order valence-electron chi connectivity index (χ3n) is 4.72. The van der Waals surface area contributed by atoms with Crippen LogP contribution in [-0.2, 0) is 6.54 Å². The first-order valence-corrected chi connectivity index (χ1v) is 9.51. The van der Waals surface area contributed by atoms with Crippen molar-refractivity contribution in [3.8, 4) is 11.3 Å². The molecule has 0 unspecified atom stereocenters. The molecule has 2 aromatic heterocycles. The highest BCUT2D eigenvalue weighted by atomic mass is 19.1. The van der Waals surface area contributed by atoms with Gasteiger partial charge in [-0.2, -0.15) is 4.98 Å². The van der Waals surface area contributed by atoms with Crippen LogP contribution in [0.5, 0.6) is 0 Å². The fraction of sp³-hybridized carbons (Fsp3) is 0.227. The van der Waals surface area contributed by atoms with Gasteiger partial charge >= 0.3 is 0 Å². The summed E-state index contributed by atoms with van der Waals surface area (Å²) in [4.78, 5) is 12.8. The second kappa shape index (κ2) is 8.54. The van der Waals surface area contributed by atoms with Gasteiger partial charge in [-0.1, -0.05) is 35.5 Å². The van der Waals surface area contributed by atoms with Crippen LogP contribution in [0.25, 0.3) is 22.4 Å². The van der Waals surface area contributed by atoms with Crippen LogP contribution in [-0.4, -0.2) is 47.2 Å². The maximum atomic E-state index is 13.8. The van der Waals surface area contributed by atoms with Gasteiger partial charge in [-0.15, -0.1) is 0 Å². The Hall–Kier alpha value is -3.39. The fourth-order valence-electron chi connectivity index (χ4n) is 3.28. The van der Waals surface area contributed by atoms with E-state index in [9.17, 15) is 8.78 Å². The fourth-order valence-corrected chi connectivity index (χ4v) is 3.28. The molecule has 0 N–H and O–H groups in total. The molecule has 0 aliphatic carbocycles. The topological polar surface area (TPSA) is 58.3 Å². The molecule has 0 aliphatic rings. The molecule has 2 aromatic carbocycles. The highest BCUT2D eigenvalue weighted by Gasteiger charge is 2.22. The third kappa shape index (κ3) is 4.28. The Kier molecular flexibility index (Phi) is 5.67. The quantitative estimate of drug-likeness (QED) is 0.457. The molecular formula is C22H21F2N5O. The van der Waals surface area contributed by atoms with Crippen LogP contribution >= 0.6 is 0 Å². The number of rotatable bonds is 7. The summed E-state index contributed by atoms with van der Waals surface area (Å²) in [6.07, 6.45) is 1.41. The van der Waals surface area contributed by atoms with Crippen molar-refractivity contribution in [2.75, 3.05) is 32.1 Å². The van der Waals surface area contributed by atoms with Crippen molar-refractivity contribution in [2.24, 2.45) is 0 Å². The summed E-state index contributed by atoms with van der Waals surface area (Å²) in [6, 6.07) is 13.3. The minimum atomic E-state index is -0.687. The van der Waals surface area contributed by atoms with E-state index in [4.69, 9.17) is 4.52 Å². The van der Waals surface area contributed by atoms with Gasteiger partial charge in [0.1, 0.15) is 34.9 Å². The second-order valence-corrected chi connectivity index (χ2v) is 7.28. The maximum Gasteiger partial charge on any atom is 0.263 e. The minimum absolute atomic E-state index is 0.266. The zero-order valence-electron chi connectivity index (χ0n) is 16.7. The molecule has 8 heteroatoms. The van der Waals surface area contributed by atoms with Crippen molar-refractivity contribution >= 4 is 16.9 Å². The number of halogens is 2. The number of aromatic nitrogens is 3. The summed E-state index contributed by atoms with van der Waals surface area (Å²) in [5.74, 6) is -0.770. The molecule has 2 heterocycles. The summed E-state index contributed by atoms with van der Waals surface area (Å²) < 4.78 is 33.0. The van der Waals surface area contributed by atoms with Gasteiger partial charge in [-0.25, -0.2) is 13.8 Å². The van der Waals surface area contributed by atoms with Crippen LogP contribution in [0.1, 0.15) is 5.56 Å². The van der Waals surface area contributed by atoms with Gasteiger partial charge in [-0.05, 0) is 31.8 Å². The number of anilines is 1. The van der Waals surface area contributed by atoms with Crippen molar-refractivity contribution in [3.63, 3.8) is 0 Å². The number of likely N-dealkylation sites (N-methyl/N-ethyl adjacent to an activating group) is 1. The molecule has 0 atom stereocenters. The average Bonchev–Trinajstić information content (AvgIpc) is 3.15. The molecule has 0 saturated carbocycles. The summed E-state index contributed by atoms with van der Waals surface area (Å²) in [5.41, 5.74) is 1.96. The molecule has 4 rings (SSSR count). The summed E-state index contributed by atoms with van der Waals surface area (Å²) in [6.45, 7) is 2.06. The van der Waals surface area contributed by atoms with Crippen LogP contribution in [0, 0.1) is 11.6 Å². The molecule has 0 saturated heterocycles. The molecule has 0 bridgehead atoms. The van der Waals surface area contributed by atoms with E-state index >= 15 is 0 Å². The van der Waals surface area contributed by atoms with E-state index in [0.717, 1.165) is 18.2 Å². The Morgan fingerprint density at radius 3 is 2.37 bits per heavy atom. The average molecular weight is 409 g/mol. The summed E-state index contributed by atoms with van der Waals surface area (Å²) >= 11 is 0. The van der Waals surface area contributed by atoms with Gasteiger partial charge in [0.15, 0.2) is 0 Å². The first kappa shape index (κ1) is 19.9. The largest absolute Gasteiger partial charge is 0.350 e. The Labute approximate surface area is 172 Å². The lowest BCUT2D eigenvalue weighted by Gasteiger charge is -2.26. The number of benzene rings is 2. The van der Waals surface area contributed by atoms with Crippen molar-refractivity contribution in [2.45, 2.75) is 6.54 Å². The van der Waals surface area contributed by atoms with E-state index in [-0.39, 0.29) is 11.3 Å². The Morgan fingerprint density at radius 2 is 1.67 bits per heavy atom. The lowest BCUT2D eigenvalue weighted by Crippen LogP contribution is -2.32. The molecule has 0 spiro atoms. The third-order valence-corrected chi connectivity index (χ3v) is 4.72. The van der Waals surface area contributed by atoms with Crippen molar-refractivity contribution < 1.29 is 13.3 Å². The smallest absolute Gasteiger partial charge is 0.263 e. The number of hydrogen-bond donors (Lipinski definition) is 0. The highest BCUT2D eigenvalue weighted by molar-refractivity contribution is 5.97. The van der Waals surface area contributed by atoms with E-state index in [2.05, 4.69) is 24.9 Å². The monoisotopic (exact) mass is 409 g/mol. The standard InChI is InChI=1S/C22H21F2N5O/c1-28(2)8-9-29(13-15-6-4-3-5-7-15)21-19-20(27-30-22(19)26-14-25-21)16-10-17(23)12-18(24)11-16/h3-7,10-12,14H,8-9,13H2,1-2H3. The van der Waals surface area contributed by atoms with Crippen LogP contribution in [0.2, 0.25) is 0 Å². The molecule has 6 nitrogen and oxygen atoms in total. The number of fused-ring (bicyclic) bond motifs is 1. The van der Waals surface area contributed by atoms with Gasteiger partial charge in [0.05, 0.1) is 0 Å². The maximum absolute atomic E-state index is 13.8. The predicted molar refractivity (Wildman–Crippen MR) is 111 cm³/mol. The van der Waals surface area contributed by atoms with Gasteiger partial charge < -0.3 is 14.3 Å². The summed E-state index contributed by atoms with van der Waals surface area (Å²) in [5, 5.41) is 4.57.